The van der Waals surface area contributed by atoms with E-state index in [0.717, 1.165) is 25.2 Å². The van der Waals surface area contributed by atoms with E-state index in [9.17, 15) is 9.59 Å². The molecule has 5 nitrogen and oxygen atoms in total. The third kappa shape index (κ3) is 3.23. The van der Waals surface area contributed by atoms with Crippen molar-refractivity contribution in [3.8, 4) is 0 Å². The van der Waals surface area contributed by atoms with Crippen LogP contribution in [0, 0.1) is 23.7 Å². The van der Waals surface area contributed by atoms with Gasteiger partial charge in [-0.1, -0.05) is 25.7 Å². The summed E-state index contributed by atoms with van der Waals surface area (Å²) in [5, 5.41) is 12.1. The van der Waals surface area contributed by atoms with Gasteiger partial charge in [-0.05, 0) is 31.1 Å². The Balaban J connectivity index is 1.54. The van der Waals surface area contributed by atoms with Crippen molar-refractivity contribution in [3.63, 3.8) is 0 Å². The zero-order chi connectivity index (χ0) is 14.8. The molecule has 2 saturated carbocycles. The molecule has 2 aliphatic carbocycles. The van der Waals surface area contributed by atoms with Crippen LogP contribution in [0.1, 0.15) is 44.9 Å². The van der Waals surface area contributed by atoms with Gasteiger partial charge in [-0.2, -0.15) is 0 Å². The predicted octanol–water partition coefficient (Wildman–Crippen LogP) is 1.81. The first-order valence-electron chi connectivity index (χ1n) is 8.26. The number of hydrogen-bond donors (Lipinski definition) is 2. The normalized spacial score (nSPS) is 39.5. The Hall–Kier alpha value is -1.10. The summed E-state index contributed by atoms with van der Waals surface area (Å²) in [7, 11) is 0. The number of amides is 1. The third-order valence-electron chi connectivity index (χ3n) is 5.64. The average molecular weight is 295 g/mol. The van der Waals surface area contributed by atoms with Crippen molar-refractivity contribution in [1.82, 2.24) is 5.32 Å². The van der Waals surface area contributed by atoms with E-state index in [0.29, 0.717) is 12.5 Å². The van der Waals surface area contributed by atoms with Crippen LogP contribution in [-0.4, -0.2) is 36.2 Å². The zero-order valence-corrected chi connectivity index (χ0v) is 12.4. The SMILES string of the molecule is O=C(NC1COCC1C(=O)O)C1CCC2CCCCC2C1. The van der Waals surface area contributed by atoms with Crippen LogP contribution >= 0.6 is 0 Å². The Morgan fingerprint density at radius 3 is 2.52 bits per heavy atom. The fraction of sp³-hybridized carbons (Fsp3) is 0.875. The molecule has 3 rings (SSSR count). The minimum atomic E-state index is -0.881. The van der Waals surface area contributed by atoms with Crippen molar-refractivity contribution in [3.05, 3.63) is 0 Å². The van der Waals surface area contributed by atoms with E-state index in [2.05, 4.69) is 5.32 Å². The standard InChI is InChI=1S/C16H25NO4/c18-15(17-14-9-21-8-13(14)16(19)20)12-6-5-10-3-1-2-4-11(10)7-12/h10-14H,1-9H2,(H,17,18)(H,19,20). The topological polar surface area (TPSA) is 75.6 Å². The maximum atomic E-state index is 12.4. The summed E-state index contributed by atoms with van der Waals surface area (Å²) in [5.74, 6) is 0.164. The Bertz CT molecular complexity index is 411. The molecule has 0 aromatic rings. The highest BCUT2D eigenvalue weighted by atomic mass is 16.5. The van der Waals surface area contributed by atoms with Gasteiger partial charge in [-0.25, -0.2) is 0 Å². The summed E-state index contributed by atoms with van der Waals surface area (Å²) in [4.78, 5) is 23.6. The Kier molecular flexibility index (Phi) is 4.48. The zero-order valence-electron chi connectivity index (χ0n) is 12.4. The first-order valence-corrected chi connectivity index (χ1v) is 8.26. The fourth-order valence-electron chi connectivity index (χ4n) is 4.35. The number of carbonyl (C=O) groups excluding carboxylic acids is 1. The molecule has 5 heteroatoms. The Labute approximate surface area is 125 Å². The lowest BCUT2D eigenvalue weighted by atomic mass is 9.67. The molecule has 5 unspecified atom stereocenters. The van der Waals surface area contributed by atoms with E-state index >= 15 is 0 Å². The molecule has 3 aliphatic rings. The Morgan fingerprint density at radius 1 is 1.00 bits per heavy atom. The molecular weight excluding hydrogens is 270 g/mol. The molecule has 2 N–H and O–H groups in total. The van der Waals surface area contributed by atoms with E-state index in [1.54, 1.807) is 0 Å². The molecule has 118 valence electrons. The molecule has 1 aliphatic heterocycles. The van der Waals surface area contributed by atoms with Gasteiger partial charge in [0, 0.05) is 5.92 Å². The molecule has 0 bridgehead atoms. The van der Waals surface area contributed by atoms with Gasteiger partial charge in [0.15, 0.2) is 0 Å². The summed E-state index contributed by atoms with van der Waals surface area (Å²) < 4.78 is 5.21. The number of hydrogen-bond acceptors (Lipinski definition) is 3. The van der Waals surface area contributed by atoms with E-state index in [4.69, 9.17) is 9.84 Å². The number of nitrogens with one attached hydrogen (secondary N) is 1. The van der Waals surface area contributed by atoms with Gasteiger partial charge >= 0.3 is 5.97 Å². The molecule has 1 saturated heterocycles. The number of aliphatic carboxylic acids is 1. The van der Waals surface area contributed by atoms with Crippen LogP contribution in [0.5, 0.6) is 0 Å². The van der Waals surface area contributed by atoms with Gasteiger partial charge in [0.05, 0.1) is 19.3 Å². The molecule has 0 aromatic carbocycles. The van der Waals surface area contributed by atoms with Crippen molar-refractivity contribution in [1.29, 1.82) is 0 Å². The van der Waals surface area contributed by atoms with E-state index in [-0.39, 0.29) is 24.5 Å². The molecule has 3 fully saturated rings. The number of rotatable bonds is 3. The van der Waals surface area contributed by atoms with Gasteiger partial charge < -0.3 is 15.2 Å². The number of ether oxygens (including phenoxy) is 1. The van der Waals surface area contributed by atoms with E-state index in [1.807, 2.05) is 0 Å². The van der Waals surface area contributed by atoms with Gasteiger partial charge in [-0.3, -0.25) is 9.59 Å². The number of fused-ring (bicyclic) bond motifs is 1. The van der Waals surface area contributed by atoms with Crippen molar-refractivity contribution in [2.24, 2.45) is 23.7 Å². The summed E-state index contributed by atoms with van der Waals surface area (Å²) in [6.45, 7) is 0.525. The molecule has 21 heavy (non-hydrogen) atoms. The number of carboxylic acids is 1. The summed E-state index contributed by atoms with van der Waals surface area (Å²) in [6, 6.07) is -0.362. The molecule has 0 spiro atoms. The van der Waals surface area contributed by atoms with Crippen molar-refractivity contribution < 1.29 is 19.4 Å². The molecule has 0 radical (unpaired) electrons. The van der Waals surface area contributed by atoms with Crippen LogP contribution in [0.25, 0.3) is 0 Å². The summed E-state index contributed by atoms with van der Waals surface area (Å²) >= 11 is 0. The minimum Gasteiger partial charge on any atom is -0.481 e. The van der Waals surface area contributed by atoms with Gasteiger partial charge in [0.25, 0.3) is 0 Å². The minimum absolute atomic E-state index is 0.0424. The Morgan fingerprint density at radius 2 is 1.76 bits per heavy atom. The molecular formula is C16H25NO4. The van der Waals surface area contributed by atoms with Crippen molar-refractivity contribution in [2.45, 2.75) is 51.0 Å². The third-order valence-corrected chi connectivity index (χ3v) is 5.64. The quantitative estimate of drug-likeness (QED) is 0.832. The van der Waals surface area contributed by atoms with Gasteiger partial charge in [-0.15, -0.1) is 0 Å². The van der Waals surface area contributed by atoms with Crippen LogP contribution in [-0.2, 0) is 14.3 Å². The largest absolute Gasteiger partial charge is 0.481 e. The average Bonchev–Trinajstić information content (AvgIpc) is 2.95. The lowest BCUT2D eigenvalue weighted by Crippen LogP contribution is -2.46. The van der Waals surface area contributed by atoms with Gasteiger partial charge in [0.1, 0.15) is 5.92 Å². The smallest absolute Gasteiger partial charge is 0.311 e. The maximum absolute atomic E-state index is 12.4. The fourth-order valence-corrected chi connectivity index (χ4v) is 4.35. The first kappa shape index (κ1) is 14.8. The second-order valence-electron chi connectivity index (χ2n) is 6.91. The van der Waals surface area contributed by atoms with Gasteiger partial charge in [0.2, 0.25) is 5.91 Å². The van der Waals surface area contributed by atoms with Crippen LogP contribution in [0.15, 0.2) is 0 Å². The highest BCUT2D eigenvalue weighted by Gasteiger charge is 2.39. The highest BCUT2D eigenvalue weighted by Crippen LogP contribution is 2.42. The molecule has 1 heterocycles. The molecule has 5 atom stereocenters. The van der Waals surface area contributed by atoms with Crippen molar-refractivity contribution in [2.75, 3.05) is 13.2 Å². The molecule has 0 aromatic heterocycles. The van der Waals surface area contributed by atoms with Crippen LogP contribution in [0.3, 0.4) is 0 Å². The highest BCUT2D eigenvalue weighted by molar-refractivity contribution is 5.80. The van der Waals surface area contributed by atoms with Crippen LogP contribution in [0.4, 0.5) is 0 Å². The number of carbonyl (C=O) groups is 2. The molecule has 1 amide bonds. The predicted molar refractivity (Wildman–Crippen MR) is 76.7 cm³/mol. The summed E-state index contributed by atoms with van der Waals surface area (Å²) in [5.41, 5.74) is 0. The van der Waals surface area contributed by atoms with Crippen LogP contribution < -0.4 is 5.32 Å². The summed E-state index contributed by atoms with van der Waals surface area (Å²) in [6.07, 6.45) is 8.34. The second-order valence-corrected chi connectivity index (χ2v) is 6.91. The second kappa shape index (κ2) is 6.34. The first-order chi connectivity index (χ1) is 10.1. The lowest BCUT2D eigenvalue weighted by molar-refractivity contribution is -0.142. The van der Waals surface area contributed by atoms with Crippen molar-refractivity contribution >= 4 is 11.9 Å². The van der Waals surface area contributed by atoms with E-state index < -0.39 is 11.9 Å². The number of carboxylic acid groups (broad SMARTS) is 1. The van der Waals surface area contributed by atoms with E-state index in [1.165, 1.54) is 25.7 Å². The lowest BCUT2D eigenvalue weighted by Gasteiger charge is -2.39. The monoisotopic (exact) mass is 295 g/mol. The maximum Gasteiger partial charge on any atom is 0.311 e. The van der Waals surface area contributed by atoms with Crippen LogP contribution in [0.2, 0.25) is 0 Å².